The Bertz CT molecular complexity index is 2400. The second-order valence-electron chi connectivity index (χ2n) is 11.9. The van der Waals surface area contributed by atoms with E-state index in [9.17, 15) is 26.8 Å². The van der Waals surface area contributed by atoms with E-state index in [2.05, 4.69) is 4.98 Å². The van der Waals surface area contributed by atoms with Crippen molar-refractivity contribution >= 4 is 26.5 Å². The summed E-state index contributed by atoms with van der Waals surface area (Å²) >= 11 is 0. The summed E-state index contributed by atoms with van der Waals surface area (Å²) in [6.45, 7) is 6.85. The zero-order valence-electron chi connectivity index (χ0n) is 26.1. The fourth-order valence-electron chi connectivity index (χ4n) is 5.91. The van der Waals surface area contributed by atoms with Crippen LogP contribution in [0.15, 0.2) is 88.2 Å². The lowest BCUT2D eigenvalue weighted by Gasteiger charge is -2.34. The van der Waals surface area contributed by atoms with Crippen molar-refractivity contribution in [1.29, 1.82) is 0 Å². The normalized spacial score (nSPS) is 16.7. The van der Waals surface area contributed by atoms with Crippen molar-refractivity contribution in [3.05, 3.63) is 133 Å². The number of rotatable bonds is 6. The van der Waals surface area contributed by atoms with E-state index in [1.54, 1.807) is 32.3 Å². The number of hydrogen-bond acceptors (Lipinski definition) is 5. The van der Waals surface area contributed by atoms with Crippen molar-refractivity contribution < 1.29 is 26.3 Å². The molecular formula is C35H30F3N3O5S. The first-order chi connectivity index (χ1) is 22.1. The number of nitrogens with zero attached hydrogens (tertiary/aromatic N) is 2. The van der Waals surface area contributed by atoms with E-state index in [0.29, 0.717) is 44.3 Å². The quantitative estimate of drug-likeness (QED) is 0.200. The molecule has 47 heavy (non-hydrogen) atoms. The average molecular weight is 662 g/mol. The molecule has 5 aromatic rings. The van der Waals surface area contributed by atoms with Gasteiger partial charge in [-0.3, -0.25) is 9.59 Å². The Morgan fingerprint density at radius 2 is 1.66 bits per heavy atom. The lowest BCUT2D eigenvalue weighted by molar-refractivity contribution is 0.467. The molecule has 8 nitrogen and oxygen atoms in total. The summed E-state index contributed by atoms with van der Waals surface area (Å²) in [4.78, 5) is 28.3. The summed E-state index contributed by atoms with van der Waals surface area (Å²) in [6, 6.07) is 10.8. The third-order valence-electron chi connectivity index (χ3n) is 8.80. The van der Waals surface area contributed by atoms with Crippen LogP contribution in [0.3, 0.4) is 0 Å². The number of aryl methyl sites for hydroxylation is 3. The van der Waals surface area contributed by atoms with Crippen LogP contribution in [0, 0.1) is 31.3 Å². The van der Waals surface area contributed by atoms with Crippen LogP contribution in [0.25, 0.3) is 27.7 Å². The van der Waals surface area contributed by atoms with Gasteiger partial charge in [0.2, 0.25) is 10.0 Å². The van der Waals surface area contributed by atoms with Gasteiger partial charge in [-0.25, -0.2) is 25.6 Å². The van der Waals surface area contributed by atoms with Crippen molar-refractivity contribution in [2.45, 2.75) is 38.9 Å². The molecule has 0 fully saturated rings. The van der Waals surface area contributed by atoms with Gasteiger partial charge in [-0.2, -0.15) is 0 Å². The first-order valence-corrected chi connectivity index (χ1v) is 16.1. The Labute approximate surface area is 268 Å². The maximum Gasteiger partial charge on any atom is 0.273 e. The number of ether oxygens (including phenoxy) is 1. The van der Waals surface area contributed by atoms with Gasteiger partial charge < -0.3 is 14.3 Å². The summed E-state index contributed by atoms with van der Waals surface area (Å²) < 4.78 is 79.9. The van der Waals surface area contributed by atoms with Gasteiger partial charge in [0.15, 0.2) is 17.4 Å². The third kappa shape index (κ3) is 5.12. The number of allylic oxidation sites excluding steroid dienone is 3. The molecule has 2 aromatic carbocycles. The number of nitrogens with one attached hydrogen (secondary N) is 1. The smallest absolute Gasteiger partial charge is 0.273 e. The monoisotopic (exact) mass is 661 g/mol. The predicted molar refractivity (Wildman–Crippen MR) is 175 cm³/mol. The van der Waals surface area contributed by atoms with Crippen LogP contribution in [0.2, 0.25) is 0 Å². The summed E-state index contributed by atoms with van der Waals surface area (Å²) in [7, 11) is -3.06. The van der Waals surface area contributed by atoms with Crippen LogP contribution < -0.4 is 15.9 Å². The van der Waals surface area contributed by atoms with Crippen LogP contribution >= 0.6 is 0 Å². The highest BCUT2D eigenvalue weighted by atomic mass is 32.2. The minimum Gasteiger partial charge on any atom is -0.455 e. The highest BCUT2D eigenvalue weighted by Gasteiger charge is 2.45. The Hall–Kier alpha value is -5.10. The molecule has 0 aliphatic heterocycles. The van der Waals surface area contributed by atoms with Gasteiger partial charge in [0.05, 0.1) is 11.9 Å². The molecule has 1 aliphatic carbocycles. The summed E-state index contributed by atoms with van der Waals surface area (Å²) in [5.74, 6) is -3.10. The van der Waals surface area contributed by atoms with Crippen molar-refractivity contribution in [2.24, 2.45) is 7.05 Å². The molecular weight excluding hydrogens is 631 g/mol. The fraction of sp³-hybridized carbons (Fsp3) is 0.200. The molecule has 6 rings (SSSR count). The molecule has 1 unspecified atom stereocenters. The van der Waals surface area contributed by atoms with E-state index in [1.165, 1.54) is 35.9 Å². The zero-order valence-corrected chi connectivity index (χ0v) is 26.9. The van der Waals surface area contributed by atoms with Gasteiger partial charge >= 0.3 is 0 Å². The third-order valence-corrected chi connectivity index (χ3v) is 11.3. The van der Waals surface area contributed by atoms with E-state index in [-0.39, 0.29) is 22.9 Å². The molecule has 3 heterocycles. The number of hydrogen-bond donors (Lipinski definition) is 1. The molecule has 12 heteroatoms. The number of fused-ring (bicyclic) bond motifs is 1. The fourth-order valence-corrected chi connectivity index (χ4v) is 7.91. The Morgan fingerprint density at radius 1 is 0.957 bits per heavy atom. The Balaban J connectivity index is 1.50. The van der Waals surface area contributed by atoms with Crippen LogP contribution in [-0.2, 0) is 17.1 Å². The lowest BCUT2D eigenvalue weighted by Crippen LogP contribution is -2.42. The van der Waals surface area contributed by atoms with E-state index < -0.39 is 49.0 Å². The number of pyridine rings is 2. The average Bonchev–Trinajstić information content (AvgIpc) is 3.41. The Morgan fingerprint density at radius 3 is 2.34 bits per heavy atom. The summed E-state index contributed by atoms with van der Waals surface area (Å²) in [6.07, 6.45) is 5.99. The minimum absolute atomic E-state index is 0.127. The Kier molecular flexibility index (Phi) is 7.66. The SMILES string of the molecule is CC1=CC(c2cc(=O)n(C)cc2Oc2c(C)cccc2C)=CCC1(C)S(=O)(=O)n1c(-c2cc(F)cc(F)c2F)cc2cc[nH]c(=O)c21. The molecule has 3 aromatic heterocycles. The number of aromatic amines is 1. The van der Waals surface area contributed by atoms with Crippen LogP contribution in [0.4, 0.5) is 13.2 Å². The maximum atomic E-state index is 15.1. The standard InChI is InChI=1S/C35H30F3N3O5S/c1-19-7-6-8-20(2)33(19)46-29-18-40(5)30(42)17-25(29)22-9-11-35(4,21(3)13-22)47(44,45)41-28(14-23-10-12-39-34(43)32(23)41)26-15-24(36)16-27(37)31(26)38/h6-10,12-18H,11H2,1-5H3,(H,39,43). The predicted octanol–water partition coefficient (Wildman–Crippen LogP) is 6.89. The lowest BCUT2D eigenvalue weighted by atomic mass is 9.87. The van der Waals surface area contributed by atoms with Crippen LogP contribution in [-0.4, -0.2) is 26.7 Å². The molecule has 0 radical (unpaired) electrons. The maximum absolute atomic E-state index is 15.1. The van der Waals surface area contributed by atoms with Crippen molar-refractivity contribution in [3.8, 4) is 22.8 Å². The summed E-state index contributed by atoms with van der Waals surface area (Å²) in [5.41, 5.74) is 0.567. The minimum atomic E-state index is -4.65. The topological polar surface area (TPSA) is 103 Å². The number of H-pyrrole nitrogens is 1. The van der Waals surface area contributed by atoms with Gasteiger partial charge in [-0.1, -0.05) is 30.4 Å². The number of halogens is 3. The first-order valence-electron chi connectivity index (χ1n) is 14.6. The molecule has 0 amide bonds. The molecule has 1 atom stereocenters. The molecule has 242 valence electrons. The molecule has 0 saturated carbocycles. The highest BCUT2D eigenvalue weighted by molar-refractivity contribution is 7.91. The van der Waals surface area contributed by atoms with Gasteiger partial charge in [0, 0.05) is 41.9 Å². The van der Waals surface area contributed by atoms with Crippen molar-refractivity contribution in [2.75, 3.05) is 0 Å². The van der Waals surface area contributed by atoms with E-state index in [0.717, 1.165) is 11.1 Å². The van der Waals surface area contributed by atoms with E-state index in [4.69, 9.17) is 4.74 Å². The molecule has 0 spiro atoms. The number of benzene rings is 2. The van der Waals surface area contributed by atoms with Gasteiger partial charge in [0.25, 0.3) is 11.1 Å². The van der Waals surface area contributed by atoms with E-state index in [1.807, 2.05) is 32.0 Å². The molecule has 0 bridgehead atoms. The van der Waals surface area contributed by atoms with Crippen molar-refractivity contribution in [1.82, 2.24) is 13.5 Å². The van der Waals surface area contributed by atoms with Crippen molar-refractivity contribution in [3.63, 3.8) is 0 Å². The zero-order chi connectivity index (χ0) is 34.0. The molecule has 1 N–H and O–H groups in total. The van der Waals surface area contributed by atoms with Crippen LogP contribution in [0.5, 0.6) is 11.5 Å². The largest absolute Gasteiger partial charge is 0.455 e. The number of aromatic nitrogens is 3. The second-order valence-corrected chi connectivity index (χ2v) is 14.1. The van der Waals surface area contributed by atoms with Gasteiger partial charge in [-0.15, -0.1) is 0 Å². The molecule has 1 aliphatic rings. The second kappa shape index (κ2) is 11.3. The molecule has 0 saturated heterocycles. The number of para-hydroxylation sites is 1. The summed E-state index contributed by atoms with van der Waals surface area (Å²) in [5, 5.41) is 0.127. The van der Waals surface area contributed by atoms with Gasteiger partial charge in [0.1, 0.15) is 21.8 Å². The van der Waals surface area contributed by atoms with Crippen LogP contribution in [0.1, 0.15) is 37.0 Å². The first kappa shape index (κ1) is 31.9. The van der Waals surface area contributed by atoms with Gasteiger partial charge in [-0.05, 0) is 74.6 Å². The highest BCUT2D eigenvalue weighted by Crippen LogP contribution is 2.44. The van der Waals surface area contributed by atoms with E-state index >= 15 is 4.39 Å².